The number of benzene rings is 9. The molecule has 0 radical (unpaired) electrons. The van der Waals surface area contributed by atoms with Gasteiger partial charge in [-0.2, -0.15) is 0 Å². The van der Waals surface area contributed by atoms with Gasteiger partial charge in [0, 0.05) is 43.4 Å². The molecule has 4 heteroatoms. The van der Waals surface area contributed by atoms with Gasteiger partial charge in [0.2, 0.25) is 0 Å². The Kier molecular flexibility index (Phi) is 6.60. The minimum absolute atomic E-state index is 0.857. The fourth-order valence-corrected chi connectivity index (χ4v) is 8.64. The lowest BCUT2D eigenvalue weighted by Crippen LogP contribution is -1.92. The van der Waals surface area contributed by atoms with E-state index in [0.717, 1.165) is 110 Å². The molecule has 0 N–H and O–H groups in total. The van der Waals surface area contributed by atoms with E-state index in [-0.39, 0.29) is 0 Å². The van der Waals surface area contributed by atoms with Crippen LogP contribution in [0, 0.1) is 0 Å². The van der Waals surface area contributed by atoms with Gasteiger partial charge in [-0.05, 0) is 62.9 Å². The normalized spacial score (nSPS) is 11.9. The molecule has 0 amide bonds. The lowest BCUT2D eigenvalue weighted by atomic mass is 9.93. The maximum Gasteiger partial charge on any atom is 0.144 e. The molecule has 4 nitrogen and oxygen atoms in total. The number of furan rings is 2. The molecule has 3 aromatic heterocycles. The van der Waals surface area contributed by atoms with Gasteiger partial charge in [-0.25, -0.2) is 4.98 Å². The molecule has 0 fully saturated rings. The van der Waals surface area contributed by atoms with Crippen LogP contribution in [0.1, 0.15) is 0 Å². The average molecular weight is 715 g/mol. The van der Waals surface area contributed by atoms with Gasteiger partial charge in [0.1, 0.15) is 22.3 Å². The molecule has 56 heavy (non-hydrogen) atoms. The Balaban J connectivity index is 0.901. The summed E-state index contributed by atoms with van der Waals surface area (Å²) in [6.07, 6.45) is 1.90. The molecule has 12 rings (SSSR count). The fourth-order valence-electron chi connectivity index (χ4n) is 8.64. The first-order valence-corrected chi connectivity index (χ1v) is 18.9. The second-order valence-electron chi connectivity index (χ2n) is 14.5. The van der Waals surface area contributed by atoms with Crippen LogP contribution in [0.3, 0.4) is 0 Å². The van der Waals surface area contributed by atoms with Crippen LogP contribution in [0.4, 0.5) is 0 Å². The third-order valence-electron chi connectivity index (χ3n) is 11.3. The zero-order chi connectivity index (χ0) is 36.7. The van der Waals surface area contributed by atoms with Crippen LogP contribution in [0.15, 0.2) is 191 Å². The van der Waals surface area contributed by atoms with Gasteiger partial charge in [0.05, 0.1) is 22.9 Å². The molecular formula is C52H30N2O2. The predicted octanol–water partition coefficient (Wildman–Crippen LogP) is 14.4. The number of hydrogen-bond donors (Lipinski definition) is 0. The van der Waals surface area contributed by atoms with E-state index in [1.54, 1.807) is 0 Å². The lowest BCUT2D eigenvalue weighted by Gasteiger charge is -2.11. The van der Waals surface area contributed by atoms with Crippen molar-refractivity contribution in [1.29, 1.82) is 0 Å². The Morgan fingerprint density at radius 3 is 1.57 bits per heavy atom. The molecule has 0 aliphatic rings. The molecule has 9 aromatic carbocycles. The number of aromatic nitrogens is 2. The van der Waals surface area contributed by atoms with Gasteiger partial charge < -0.3 is 8.83 Å². The van der Waals surface area contributed by atoms with Gasteiger partial charge in [0.25, 0.3) is 0 Å². The van der Waals surface area contributed by atoms with Crippen molar-refractivity contribution < 1.29 is 8.83 Å². The Hall–Kier alpha value is -7.56. The van der Waals surface area contributed by atoms with Crippen molar-refractivity contribution in [2.45, 2.75) is 0 Å². The van der Waals surface area contributed by atoms with Crippen LogP contribution in [-0.2, 0) is 0 Å². The molecule has 260 valence electrons. The highest BCUT2D eigenvalue weighted by atomic mass is 16.3. The summed E-state index contributed by atoms with van der Waals surface area (Å²) >= 11 is 0. The van der Waals surface area contributed by atoms with Crippen molar-refractivity contribution in [3.05, 3.63) is 182 Å². The number of para-hydroxylation sites is 2. The van der Waals surface area contributed by atoms with Gasteiger partial charge in [-0.3, -0.25) is 4.98 Å². The van der Waals surface area contributed by atoms with Gasteiger partial charge in [0.15, 0.2) is 0 Å². The van der Waals surface area contributed by atoms with E-state index in [1.165, 1.54) is 10.8 Å². The molecule has 0 aliphatic heterocycles. The van der Waals surface area contributed by atoms with Crippen molar-refractivity contribution in [2.75, 3.05) is 0 Å². The summed E-state index contributed by atoms with van der Waals surface area (Å²) in [7, 11) is 0. The van der Waals surface area contributed by atoms with E-state index in [4.69, 9.17) is 18.8 Å². The highest BCUT2D eigenvalue weighted by Crippen LogP contribution is 2.45. The Morgan fingerprint density at radius 1 is 0.339 bits per heavy atom. The van der Waals surface area contributed by atoms with E-state index >= 15 is 0 Å². The van der Waals surface area contributed by atoms with E-state index < -0.39 is 0 Å². The largest absolute Gasteiger partial charge is 0.456 e. The monoisotopic (exact) mass is 714 g/mol. The molecule has 0 aliphatic carbocycles. The predicted molar refractivity (Wildman–Crippen MR) is 231 cm³/mol. The van der Waals surface area contributed by atoms with Crippen LogP contribution in [0.2, 0.25) is 0 Å². The topological polar surface area (TPSA) is 52.1 Å². The first kappa shape index (κ1) is 30.9. The summed E-state index contributed by atoms with van der Waals surface area (Å²) in [4.78, 5) is 10.1. The number of hydrogen-bond acceptors (Lipinski definition) is 4. The van der Waals surface area contributed by atoms with Crippen LogP contribution < -0.4 is 0 Å². The van der Waals surface area contributed by atoms with Crippen LogP contribution in [-0.4, -0.2) is 9.97 Å². The summed E-state index contributed by atoms with van der Waals surface area (Å²) < 4.78 is 13.1. The average Bonchev–Trinajstić information content (AvgIpc) is 3.84. The molecule has 0 saturated heterocycles. The van der Waals surface area contributed by atoms with E-state index in [1.807, 2.05) is 30.5 Å². The summed E-state index contributed by atoms with van der Waals surface area (Å²) in [6.45, 7) is 0. The Morgan fingerprint density at radius 2 is 0.875 bits per heavy atom. The highest BCUT2D eigenvalue weighted by Gasteiger charge is 2.21. The van der Waals surface area contributed by atoms with Crippen LogP contribution in [0.5, 0.6) is 0 Å². The van der Waals surface area contributed by atoms with Crippen molar-refractivity contribution in [3.8, 4) is 44.6 Å². The molecular weight excluding hydrogens is 685 g/mol. The quantitative estimate of drug-likeness (QED) is 0.170. The Bertz CT molecular complexity index is 3480. The van der Waals surface area contributed by atoms with Crippen molar-refractivity contribution in [1.82, 2.24) is 9.97 Å². The summed E-state index contributed by atoms with van der Waals surface area (Å²) in [6, 6.07) is 61.7. The SMILES string of the molecule is c1cc(-c2ccc(-c3ccc(-c4cnc5c6ccccc6c6ccccc6c5n4)cc3)cc2)cc(-c2c3oc4ccccc4c3cc3oc4ccccc4c23)c1. The first-order valence-electron chi connectivity index (χ1n) is 18.9. The molecule has 12 aromatic rings. The highest BCUT2D eigenvalue weighted by molar-refractivity contribution is 6.24. The maximum absolute atomic E-state index is 6.61. The number of fused-ring (bicyclic) bond motifs is 12. The fraction of sp³-hybridized carbons (Fsp3) is 0. The zero-order valence-corrected chi connectivity index (χ0v) is 30.0. The molecule has 0 saturated carbocycles. The third-order valence-corrected chi connectivity index (χ3v) is 11.3. The molecule has 3 heterocycles. The van der Waals surface area contributed by atoms with Crippen molar-refractivity contribution >= 4 is 76.5 Å². The molecule has 0 atom stereocenters. The number of rotatable bonds is 4. The lowest BCUT2D eigenvalue weighted by molar-refractivity contribution is 0.664. The summed E-state index contributed by atoms with van der Waals surface area (Å²) in [5.74, 6) is 0. The second-order valence-corrected chi connectivity index (χ2v) is 14.5. The van der Waals surface area contributed by atoms with Gasteiger partial charge in [-0.1, -0.05) is 152 Å². The maximum atomic E-state index is 6.61. The molecule has 0 spiro atoms. The van der Waals surface area contributed by atoms with E-state index in [0.29, 0.717) is 0 Å². The summed E-state index contributed by atoms with van der Waals surface area (Å²) in [5.41, 5.74) is 13.9. The minimum atomic E-state index is 0.857. The minimum Gasteiger partial charge on any atom is -0.456 e. The van der Waals surface area contributed by atoms with Gasteiger partial charge in [-0.15, -0.1) is 0 Å². The molecule has 0 unspecified atom stereocenters. The smallest absolute Gasteiger partial charge is 0.144 e. The standard InChI is InChI=1S/C52H30N2O2/c1-3-15-40-37(12-1)38-13-2-4-16-41(38)51-50(40)53-30-44(54-51)34-26-24-32(25-27-34)31-20-22-33(23-21-31)35-10-9-11-36(28-35)48-49-42-17-6-8-19-46(42)55-47(49)29-43-39-14-5-7-18-45(39)56-52(43)48/h1-30H. The van der Waals surface area contributed by atoms with E-state index in [9.17, 15) is 0 Å². The van der Waals surface area contributed by atoms with Crippen molar-refractivity contribution in [2.24, 2.45) is 0 Å². The second kappa shape index (κ2) is 12.0. The van der Waals surface area contributed by atoms with E-state index in [2.05, 4.69) is 152 Å². The first-order chi connectivity index (χ1) is 27.7. The third kappa shape index (κ3) is 4.66. The Labute approximate surface area is 320 Å². The van der Waals surface area contributed by atoms with Gasteiger partial charge >= 0.3 is 0 Å². The molecule has 0 bridgehead atoms. The van der Waals surface area contributed by atoms with Crippen LogP contribution in [0.25, 0.3) is 121 Å². The summed E-state index contributed by atoms with van der Waals surface area (Å²) in [5, 5.41) is 8.92. The van der Waals surface area contributed by atoms with Crippen molar-refractivity contribution in [3.63, 3.8) is 0 Å². The van der Waals surface area contributed by atoms with Crippen LogP contribution >= 0.6 is 0 Å². The number of nitrogens with zero attached hydrogens (tertiary/aromatic N) is 2. The zero-order valence-electron chi connectivity index (χ0n) is 30.0.